The van der Waals surface area contributed by atoms with Crippen LogP contribution in [0.25, 0.3) is 5.65 Å². The van der Waals surface area contributed by atoms with Gasteiger partial charge in [-0.2, -0.15) is 13.2 Å². The number of alkyl halides is 3. The Morgan fingerprint density at radius 3 is 2.79 bits per heavy atom. The van der Waals surface area contributed by atoms with Crippen molar-refractivity contribution in [1.82, 2.24) is 14.7 Å². The van der Waals surface area contributed by atoms with Crippen LogP contribution in [0.3, 0.4) is 0 Å². The summed E-state index contributed by atoms with van der Waals surface area (Å²) in [5, 5.41) is 1.63. The van der Waals surface area contributed by atoms with Gasteiger partial charge >= 0.3 is 6.18 Å². The van der Waals surface area contributed by atoms with Crippen molar-refractivity contribution in [2.75, 3.05) is 6.54 Å². The van der Waals surface area contributed by atoms with Crippen LogP contribution in [0.5, 0.6) is 0 Å². The van der Waals surface area contributed by atoms with Crippen LogP contribution in [0.2, 0.25) is 0 Å². The number of carbonyl (C=O) groups excluding carboxylic acids is 1. The van der Waals surface area contributed by atoms with Crippen molar-refractivity contribution in [1.29, 1.82) is 0 Å². The number of carbonyl (C=O) groups is 1. The molecule has 0 radical (unpaired) electrons. The first kappa shape index (κ1) is 13.1. The molecule has 0 aliphatic carbocycles. The number of halogens is 3. The quantitative estimate of drug-likeness (QED) is 0.885. The number of rotatable bonds is 2. The lowest BCUT2D eigenvalue weighted by Crippen LogP contribution is -2.37. The third-order valence-corrected chi connectivity index (χ3v) is 2.31. The summed E-state index contributed by atoms with van der Waals surface area (Å²) < 4.78 is 37.0. The number of nitrogens with one attached hydrogen (secondary N) is 1. The summed E-state index contributed by atoms with van der Waals surface area (Å²) in [5.74, 6) is -1.10. The Balaban J connectivity index is 2.33. The van der Waals surface area contributed by atoms with Crippen LogP contribution in [0.15, 0.2) is 35.4 Å². The lowest BCUT2D eigenvalue weighted by molar-refractivity contribution is -0.123. The molecule has 1 N–H and O–H groups in total. The maximum Gasteiger partial charge on any atom is 0.405 e. The van der Waals surface area contributed by atoms with E-state index in [9.17, 15) is 22.8 Å². The largest absolute Gasteiger partial charge is 0.405 e. The van der Waals surface area contributed by atoms with Crippen LogP contribution in [0, 0.1) is 0 Å². The smallest absolute Gasteiger partial charge is 0.343 e. The second kappa shape index (κ2) is 4.71. The molecule has 2 heterocycles. The summed E-state index contributed by atoms with van der Waals surface area (Å²) in [6.07, 6.45) is -2.19. The number of nitrogens with zero attached hydrogens (tertiary/aromatic N) is 2. The maximum absolute atomic E-state index is 12.0. The van der Waals surface area contributed by atoms with E-state index >= 15 is 0 Å². The number of hydrogen-bond acceptors (Lipinski definition) is 3. The molecule has 19 heavy (non-hydrogen) atoms. The fourth-order valence-electron chi connectivity index (χ4n) is 1.46. The zero-order chi connectivity index (χ0) is 14.0. The van der Waals surface area contributed by atoms with E-state index in [0.29, 0.717) is 5.65 Å². The Kier molecular flexibility index (Phi) is 3.24. The van der Waals surface area contributed by atoms with Crippen LogP contribution in [0.4, 0.5) is 13.2 Å². The third-order valence-electron chi connectivity index (χ3n) is 2.31. The standard InChI is InChI=1S/C11H8F3N3O2/c12-11(13,14)6-16-9(18)7-5-15-8-3-1-2-4-17(8)10(7)19/h1-5H,6H2,(H,16,18). The van der Waals surface area contributed by atoms with E-state index < -0.39 is 29.8 Å². The van der Waals surface area contributed by atoms with E-state index in [1.54, 1.807) is 23.5 Å². The van der Waals surface area contributed by atoms with Gasteiger partial charge in [-0.15, -0.1) is 0 Å². The SMILES string of the molecule is O=C(NCC(F)(F)F)c1cnc2ccccn2c1=O. The first-order valence-electron chi connectivity index (χ1n) is 5.20. The molecule has 0 aliphatic rings. The van der Waals surface area contributed by atoms with Crippen molar-refractivity contribution in [3.05, 3.63) is 46.5 Å². The Morgan fingerprint density at radius 1 is 1.37 bits per heavy atom. The van der Waals surface area contributed by atoms with Gasteiger partial charge in [0, 0.05) is 12.4 Å². The molecule has 0 bridgehead atoms. The molecule has 2 aromatic heterocycles. The minimum absolute atomic E-state index is 0.305. The molecule has 0 saturated carbocycles. The normalized spacial score (nSPS) is 11.5. The summed E-state index contributed by atoms with van der Waals surface area (Å²) in [7, 11) is 0. The van der Waals surface area contributed by atoms with Gasteiger partial charge in [-0.25, -0.2) is 4.98 Å². The lowest BCUT2D eigenvalue weighted by Gasteiger charge is -2.08. The van der Waals surface area contributed by atoms with Crippen molar-refractivity contribution in [3.63, 3.8) is 0 Å². The number of amides is 1. The molecule has 8 heteroatoms. The van der Waals surface area contributed by atoms with Gasteiger partial charge in [0.2, 0.25) is 0 Å². The fourth-order valence-corrected chi connectivity index (χ4v) is 1.46. The highest BCUT2D eigenvalue weighted by atomic mass is 19.4. The molecule has 5 nitrogen and oxygen atoms in total. The summed E-state index contributed by atoms with van der Waals surface area (Å²) >= 11 is 0. The molecule has 0 atom stereocenters. The molecular formula is C11H8F3N3O2. The van der Waals surface area contributed by atoms with E-state index in [4.69, 9.17) is 0 Å². The van der Waals surface area contributed by atoms with Gasteiger partial charge in [-0.05, 0) is 12.1 Å². The predicted molar refractivity (Wildman–Crippen MR) is 59.9 cm³/mol. The monoisotopic (exact) mass is 271 g/mol. The van der Waals surface area contributed by atoms with Crippen molar-refractivity contribution < 1.29 is 18.0 Å². The first-order chi connectivity index (χ1) is 8.88. The summed E-state index contributed by atoms with van der Waals surface area (Å²) in [6, 6.07) is 4.73. The van der Waals surface area contributed by atoms with Gasteiger partial charge in [0.1, 0.15) is 17.8 Å². The molecule has 0 aromatic carbocycles. The van der Waals surface area contributed by atoms with Crippen LogP contribution < -0.4 is 10.9 Å². The van der Waals surface area contributed by atoms with Gasteiger partial charge in [-0.3, -0.25) is 14.0 Å². The van der Waals surface area contributed by atoms with Gasteiger partial charge < -0.3 is 5.32 Å². The molecular weight excluding hydrogens is 263 g/mol. The second-order valence-electron chi connectivity index (χ2n) is 3.70. The van der Waals surface area contributed by atoms with Crippen molar-refractivity contribution in [2.45, 2.75) is 6.18 Å². The highest BCUT2D eigenvalue weighted by Crippen LogP contribution is 2.12. The van der Waals surface area contributed by atoms with Crippen molar-refractivity contribution in [3.8, 4) is 0 Å². The van der Waals surface area contributed by atoms with Crippen LogP contribution in [-0.4, -0.2) is 28.0 Å². The molecule has 0 unspecified atom stereocenters. The van der Waals surface area contributed by atoms with Gasteiger partial charge in [0.15, 0.2) is 0 Å². The Hall–Kier alpha value is -2.38. The number of hydrogen-bond donors (Lipinski definition) is 1. The average Bonchev–Trinajstić information content (AvgIpc) is 2.36. The Bertz CT molecular complexity index is 679. The Morgan fingerprint density at radius 2 is 2.11 bits per heavy atom. The highest BCUT2D eigenvalue weighted by molar-refractivity contribution is 5.93. The van der Waals surface area contributed by atoms with E-state index in [1.807, 2.05) is 0 Å². The molecule has 2 rings (SSSR count). The number of aromatic nitrogens is 2. The number of fused-ring (bicyclic) bond motifs is 1. The molecule has 0 spiro atoms. The summed E-state index contributed by atoms with van der Waals surface area (Å²) in [6.45, 7) is -1.50. The van der Waals surface area contributed by atoms with Crippen molar-refractivity contribution >= 4 is 11.6 Å². The van der Waals surface area contributed by atoms with Crippen molar-refractivity contribution in [2.24, 2.45) is 0 Å². The average molecular weight is 271 g/mol. The molecule has 0 fully saturated rings. The molecule has 0 saturated heterocycles. The van der Waals surface area contributed by atoms with E-state index in [0.717, 1.165) is 10.6 Å². The highest BCUT2D eigenvalue weighted by Gasteiger charge is 2.28. The molecule has 2 aromatic rings. The minimum Gasteiger partial charge on any atom is -0.343 e. The van der Waals surface area contributed by atoms with Crippen LogP contribution in [-0.2, 0) is 0 Å². The summed E-state index contributed by atoms with van der Waals surface area (Å²) in [5.41, 5.74) is -0.849. The fraction of sp³-hybridized carbons (Fsp3) is 0.182. The van der Waals surface area contributed by atoms with Gasteiger partial charge in [-0.1, -0.05) is 6.07 Å². The molecule has 0 aliphatic heterocycles. The minimum atomic E-state index is -4.53. The number of pyridine rings is 1. The zero-order valence-electron chi connectivity index (χ0n) is 9.44. The van der Waals surface area contributed by atoms with Gasteiger partial charge in [0.05, 0.1) is 0 Å². The van der Waals surface area contributed by atoms with E-state index in [1.165, 1.54) is 6.20 Å². The third kappa shape index (κ3) is 2.90. The Labute approximate surface area is 104 Å². The predicted octanol–water partition coefficient (Wildman–Crippen LogP) is 0.987. The van der Waals surface area contributed by atoms with Crippen LogP contribution >= 0.6 is 0 Å². The van der Waals surface area contributed by atoms with Crippen LogP contribution in [0.1, 0.15) is 10.4 Å². The second-order valence-corrected chi connectivity index (χ2v) is 3.70. The topological polar surface area (TPSA) is 63.5 Å². The molecule has 1 amide bonds. The lowest BCUT2D eigenvalue weighted by atomic mass is 10.3. The van der Waals surface area contributed by atoms with E-state index in [2.05, 4.69) is 4.98 Å². The molecule has 100 valence electrons. The first-order valence-corrected chi connectivity index (χ1v) is 5.20. The van der Waals surface area contributed by atoms with Gasteiger partial charge in [0.25, 0.3) is 11.5 Å². The van der Waals surface area contributed by atoms with E-state index in [-0.39, 0.29) is 0 Å². The zero-order valence-corrected chi connectivity index (χ0v) is 9.44. The summed E-state index contributed by atoms with van der Waals surface area (Å²) in [4.78, 5) is 27.2. The maximum atomic E-state index is 12.0.